The van der Waals surface area contributed by atoms with Gasteiger partial charge in [0.25, 0.3) is 0 Å². The zero-order valence-electron chi connectivity index (χ0n) is 15.8. The van der Waals surface area contributed by atoms with Crippen molar-refractivity contribution in [2.75, 3.05) is 16.8 Å². The van der Waals surface area contributed by atoms with Gasteiger partial charge in [0, 0.05) is 12.6 Å². The average molecular weight is 361 g/mol. The van der Waals surface area contributed by atoms with E-state index in [1.54, 1.807) is 26.8 Å². The van der Waals surface area contributed by atoms with Crippen LogP contribution in [0, 0.1) is 6.92 Å². The van der Waals surface area contributed by atoms with Gasteiger partial charge in [-0.15, -0.1) is 6.58 Å². The van der Waals surface area contributed by atoms with E-state index in [0.717, 1.165) is 31.4 Å². The lowest BCUT2D eigenvalue weighted by atomic mass is 10.1. The van der Waals surface area contributed by atoms with Crippen LogP contribution in [0.3, 0.4) is 0 Å². The molecule has 1 amide bonds. The molecule has 0 bridgehead atoms. The van der Waals surface area contributed by atoms with Gasteiger partial charge in [0.1, 0.15) is 11.4 Å². The number of amides is 1. The molecule has 7 heteroatoms. The highest BCUT2D eigenvalue weighted by atomic mass is 16.6. The lowest BCUT2D eigenvalue weighted by Crippen LogP contribution is -2.31. The Bertz CT molecular complexity index is 709. The van der Waals surface area contributed by atoms with Gasteiger partial charge in [0.05, 0.1) is 5.69 Å². The van der Waals surface area contributed by atoms with E-state index in [9.17, 15) is 14.7 Å². The molecule has 1 unspecified atom stereocenters. The van der Waals surface area contributed by atoms with Crippen LogP contribution in [0.4, 0.5) is 16.3 Å². The van der Waals surface area contributed by atoms with Gasteiger partial charge in [0.2, 0.25) is 0 Å². The molecule has 0 spiro atoms. The molecule has 26 heavy (non-hydrogen) atoms. The van der Waals surface area contributed by atoms with Crippen molar-refractivity contribution in [3.63, 3.8) is 0 Å². The number of rotatable bonds is 5. The Hall–Kier alpha value is -2.57. The largest absolute Gasteiger partial charge is 0.476 e. The predicted molar refractivity (Wildman–Crippen MR) is 101 cm³/mol. The van der Waals surface area contributed by atoms with Gasteiger partial charge < -0.3 is 14.7 Å². The quantitative estimate of drug-likeness (QED) is 0.771. The van der Waals surface area contributed by atoms with Crippen molar-refractivity contribution < 1.29 is 19.4 Å². The molecule has 1 aliphatic rings. The molecule has 1 saturated heterocycles. The SMILES string of the molecule is C=CCC1CCCN1c1nc(C(=O)O)c(NC(=O)OC(C)(C)C)cc1C. The number of aromatic carboxylic acids is 1. The normalized spacial score (nSPS) is 17.1. The zero-order valence-corrected chi connectivity index (χ0v) is 15.8. The van der Waals surface area contributed by atoms with E-state index < -0.39 is 17.7 Å². The highest BCUT2D eigenvalue weighted by Crippen LogP contribution is 2.31. The maximum Gasteiger partial charge on any atom is 0.412 e. The summed E-state index contributed by atoms with van der Waals surface area (Å²) in [5.41, 5.74) is 0.0637. The van der Waals surface area contributed by atoms with Crippen LogP contribution in [-0.2, 0) is 4.74 Å². The Morgan fingerprint density at radius 1 is 1.50 bits per heavy atom. The number of carbonyl (C=O) groups excluding carboxylic acids is 1. The molecule has 7 nitrogen and oxygen atoms in total. The molecule has 2 rings (SSSR count). The summed E-state index contributed by atoms with van der Waals surface area (Å²) in [5, 5.41) is 12.1. The Morgan fingerprint density at radius 3 is 2.77 bits per heavy atom. The van der Waals surface area contributed by atoms with Crippen molar-refractivity contribution in [2.24, 2.45) is 0 Å². The number of hydrogen-bond donors (Lipinski definition) is 2. The Kier molecular flexibility index (Phi) is 5.90. The molecule has 142 valence electrons. The number of aryl methyl sites for hydroxylation is 1. The van der Waals surface area contributed by atoms with Crippen molar-refractivity contribution in [3.8, 4) is 0 Å². The molecule has 1 fully saturated rings. The van der Waals surface area contributed by atoms with Gasteiger partial charge in [0.15, 0.2) is 5.69 Å². The summed E-state index contributed by atoms with van der Waals surface area (Å²) in [4.78, 5) is 30.2. The number of carboxylic acid groups (broad SMARTS) is 1. The lowest BCUT2D eigenvalue weighted by Gasteiger charge is -2.27. The molecule has 0 aromatic carbocycles. The van der Waals surface area contributed by atoms with E-state index in [1.165, 1.54) is 0 Å². The van der Waals surface area contributed by atoms with E-state index in [-0.39, 0.29) is 17.4 Å². The second-order valence-electron chi connectivity index (χ2n) is 7.47. The van der Waals surface area contributed by atoms with E-state index in [0.29, 0.717) is 5.82 Å². The first kappa shape index (κ1) is 19.8. The monoisotopic (exact) mass is 361 g/mol. The van der Waals surface area contributed by atoms with E-state index in [4.69, 9.17) is 4.74 Å². The first-order chi connectivity index (χ1) is 12.1. The van der Waals surface area contributed by atoms with Crippen molar-refractivity contribution >= 4 is 23.6 Å². The maximum atomic E-state index is 12.0. The standard InChI is InChI=1S/C19H27N3O4/c1-6-8-13-9-7-10-22(13)16-12(2)11-14(15(21-16)17(23)24)20-18(25)26-19(3,4)5/h6,11,13H,1,7-10H2,2-5H3,(H,20,25)(H,23,24). The lowest BCUT2D eigenvalue weighted by molar-refractivity contribution is 0.0636. The number of nitrogens with one attached hydrogen (secondary N) is 1. The van der Waals surface area contributed by atoms with Crippen LogP contribution in [0.15, 0.2) is 18.7 Å². The molecule has 1 atom stereocenters. The first-order valence-corrected chi connectivity index (χ1v) is 8.75. The Morgan fingerprint density at radius 2 is 2.19 bits per heavy atom. The second-order valence-corrected chi connectivity index (χ2v) is 7.47. The summed E-state index contributed by atoms with van der Waals surface area (Å²) < 4.78 is 5.20. The smallest absolute Gasteiger partial charge is 0.412 e. The predicted octanol–water partition coefficient (Wildman–Crippen LogP) is 3.98. The Labute approximate surface area is 154 Å². The molecular formula is C19H27N3O4. The zero-order chi connectivity index (χ0) is 19.5. The molecule has 1 aliphatic heterocycles. The van der Waals surface area contributed by atoms with Crippen LogP contribution in [0.2, 0.25) is 0 Å². The van der Waals surface area contributed by atoms with E-state index in [2.05, 4.69) is 21.8 Å². The molecular weight excluding hydrogens is 334 g/mol. The number of carboxylic acids is 1. The van der Waals surface area contributed by atoms with Gasteiger partial charge in [-0.25, -0.2) is 14.6 Å². The number of anilines is 2. The minimum Gasteiger partial charge on any atom is -0.476 e. The van der Waals surface area contributed by atoms with Crippen LogP contribution in [0.5, 0.6) is 0 Å². The average Bonchev–Trinajstić information content (AvgIpc) is 2.93. The van der Waals surface area contributed by atoms with Crippen LogP contribution < -0.4 is 10.2 Å². The summed E-state index contributed by atoms with van der Waals surface area (Å²) in [7, 11) is 0. The number of nitrogens with zero attached hydrogens (tertiary/aromatic N) is 2. The molecule has 2 N–H and O–H groups in total. The Balaban J connectivity index is 2.34. The highest BCUT2D eigenvalue weighted by molar-refractivity contribution is 5.98. The topological polar surface area (TPSA) is 91.8 Å². The van der Waals surface area contributed by atoms with E-state index >= 15 is 0 Å². The third-order valence-corrected chi connectivity index (χ3v) is 4.11. The minimum atomic E-state index is -1.20. The first-order valence-electron chi connectivity index (χ1n) is 8.75. The molecule has 1 aromatic heterocycles. The fraction of sp³-hybridized carbons (Fsp3) is 0.526. The molecule has 0 saturated carbocycles. The van der Waals surface area contributed by atoms with Gasteiger partial charge >= 0.3 is 12.1 Å². The van der Waals surface area contributed by atoms with Gasteiger partial charge in [-0.2, -0.15) is 0 Å². The second kappa shape index (κ2) is 7.76. The van der Waals surface area contributed by atoms with Gasteiger partial charge in [-0.05, 0) is 58.6 Å². The molecule has 2 heterocycles. The fourth-order valence-corrected chi connectivity index (χ4v) is 3.12. The highest BCUT2D eigenvalue weighted by Gasteiger charge is 2.28. The third-order valence-electron chi connectivity index (χ3n) is 4.11. The number of ether oxygens (including phenoxy) is 1. The minimum absolute atomic E-state index is 0.132. The van der Waals surface area contributed by atoms with Crippen molar-refractivity contribution in [2.45, 2.75) is 58.6 Å². The number of aromatic nitrogens is 1. The van der Waals surface area contributed by atoms with Crippen LogP contribution >= 0.6 is 0 Å². The molecule has 0 radical (unpaired) electrons. The van der Waals surface area contributed by atoms with Gasteiger partial charge in [-0.3, -0.25) is 5.32 Å². The third kappa shape index (κ3) is 4.74. The summed E-state index contributed by atoms with van der Waals surface area (Å²) in [6, 6.07) is 1.91. The molecule has 1 aromatic rings. The number of hydrogen-bond acceptors (Lipinski definition) is 5. The number of carbonyl (C=O) groups is 2. The molecule has 0 aliphatic carbocycles. The summed E-state index contributed by atoms with van der Waals surface area (Å²) >= 11 is 0. The van der Waals surface area contributed by atoms with Crippen molar-refractivity contribution in [3.05, 3.63) is 30.0 Å². The summed E-state index contributed by atoms with van der Waals surface area (Å²) in [6.07, 6.45) is 4.03. The van der Waals surface area contributed by atoms with Gasteiger partial charge in [-0.1, -0.05) is 6.08 Å². The summed E-state index contributed by atoms with van der Waals surface area (Å²) in [5.74, 6) is -0.557. The van der Waals surface area contributed by atoms with Crippen LogP contribution in [-0.4, -0.2) is 40.3 Å². The van der Waals surface area contributed by atoms with E-state index in [1.807, 2.05) is 13.0 Å². The number of pyridine rings is 1. The van der Waals surface area contributed by atoms with Crippen molar-refractivity contribution in [1.29, 1.82) is 0 Å². The van der Waals surface area contributed by atoms with Crippen LogP contribution in [0.25, 0.3) is 0 Å². The fourth-order valence-electron chi connectivity index (χ4n) is 3.12. The maximum absolute atomic E-state index is 12.0. The summed E-state index contributed by atoms with van der Waals surface area (Å²) in [6.45, 7) is 11.7. The van der Waals surface area contributed by atoms with Crippen LogP contribution in [0.1, 0.15) is 56.1 Å². The van der Waals surface area contributed by atoms with Crippen molar-refractivity contribution in [1.82, 2.24) is 4.98 Å².